The van der Waals surface area contributed by atoms with Gasteiger partial charge in [0, 0.05) is 18.8 Å². The van der Waals surface area contributed by atoms with Crippen molar-refractivity contribution in [3.05, 3.63) is 45.9 Å². The van der Waals surface area contributed by atoms with Gasteiger partial charge in [-0.05, 0) is 30.5 Å². The summed E-state index contributed by atoms with van der Waals surface area (Å²) in [5.74, 6) is 0.0400. The molecule has 0 radical (unpaired) electrons. The van der Waals surface area contributed by atoms with Gasteiger partial charge in [-0.15, -0.1) is 11.3 Å². The molecule has 2 aromatic rings. The Balaban J connectivity index is 2.16. The summed E-state index contributed by atoms with van der Waals surface area (Å²) in [6, 6.07) is 3.70. The normalized spacial score (nSPS) is 11.1. The van der Waals surface area contributed by atoms with E-state index < -0.39 is 0 Å². The van der Waals surface area contributed by atoms with Gasteiger partial charge in [0.2, 0.25) is 0 Å². The molecule has 16 heavy (non-hydrogen) atoms. The Morgan fingerprint density at radius 3 is 2.94 bits per heavy atom. The SMILES string of the molecule is Cc1nn(C)cc1/C=C/C(=O)c1cccs1. The van der Waals surface area contributed by atoms with Crippen LogP contribution in [0, 0.1) is 6.92 Å². The lowest BCUT2D eigenvalue weighted by Gasteiger charge is -1.88. The zero-order chi connectivity index (χ0) is 11.5. The molecule has 2 aromatic heterocycles. The van der Waals surface area contributed by atoms with E-state index in [4.69, 9.17) is 0 Å². The molecule has 82 valence electrons. The molecule has 0 fully saturated rings. The summed E-state index contributed by atoms with van der Waals surface area (Å²) in [4.78, 5) is 12.5. The standard InChI is InChI=1S/C12H12N2OS/c1-9-10(8-14(2)13-9)5-6-11(15)12-4-3-7-16-12/h3-8H,1-2H3/b6-5+. The number of rotatable bonds is 3. The largest absolute Gasteiger partial charge is 0.288 e. The van der Waals surface area contributed by atoms with Gasteiger partial charge < -0.3 is 0 Å². The number of thiophene rings is 1. The van der Waals surface area contributed by atoms with Gasteiger partial charge >= 0.3 is 0 Å². The number of hydrogen-bond donors (Lipinski definition) is 0. The van der Waals surface area contributed by atoms with Crippen LogP contribution in [0.2, 0.25) is 0 Å². The number of carbonyl (C=O) groups excluding carboxylic acids is 1. The molecule has 0 spiro atoms. The van der Waals surface area contributed by atoms with Gasteiger partial charge in [0.1, 0.15) is 0 Å². The van der Waals surface area contributed by atoms with Crippen LogP contribution in [0.3, 0.4) is 0 Å². The number of ketones is 1. The molecular formula is C12H12N2OS. The van der Waals surface area contributed by atoms with Crippen molar-refractivity contribution in [3.8, 4) is 0 Å². The summed E-state index contributed by atoms with van der Waals surface area (Å²) in [5, 5.41) is 6.11. The summed E-state index contributed by atoms with van der Waals surface area (Å²) >= 11 is 1.45. The molecule has 0 saturated carbocycles. The molecule has 0 aliphatic heterocycles. The first-order valence-electron chi connectivity index (χ1n) is 4.93. The first kappa shape index (κ1) is 10.8. The van der Waals surface area contributed by atoms with E-state index in [0.717, 1.165) is 16.1 Å². The molecule has 0 N–H and O–H groups in total. The second-order valence-electron chi connectivity index (χ2n) is 3.52. The monoisotopic (exact) mass is 232 g/mol. The summed E-state index contributed by atoms with van der Waals surface area (Å²) in [7, 11) is 1.87. The topological polar surface area (TPSA) is 34.9 Å². The number of aryl methyl sites for hydroxylation is 2. The highest BCUT2D eigenvalue weighted by Crippen LogP contribution is 2.12. The van der Waals surface area contributed by atoms with Crippen LogP contribution in [0.15, 0.2) is 29.8 Å². The highest BCUT2D eigenvalue weighted by atomic mass is 32.1. The van der Waals surface area contributed by atoms with E-state index in [1.54, 1.807) is 10.8 Å². The molecule has 0 atom stereocenters. The van der Waals surface area contributed by atoms with Crippen molar-refractivity contribution >= 4 is 23.2 Å². The Morgan fingerprint density at radius 2 is 2.38 bits per heavy atom. The van der Waals surface area contributed by atoms with E-state index in [1.165, 1.54) is 11.3 Å². The number of nitrogens with zero attached hydrogens (tertiary/aromatic N) is 2. The van der Waals surface area contributed by atoms with Crippen LogP contribution >= 0.6 is 11.3 Å². The lowest BCUT2D eigenvalue weighted by Crippen LogP contribution is -1.88. The number of aromatic nitrogens is 2. The minimum absolute atomic E-state index is 0.0400. The fourth-order valence-corrected chi connectivity index (χ4v) is 2.09. The first-order valence-corrected chi connectivity index (χ1v) is 5.81. The molecule has 0 aliphatic rings. The molecule has 2 heterocycles. The van der Waals surface area contributed by atoms with Crippen LogP contribution in [0.25, 0.3) is 6.08 Å². The summed E-state index contributed by atoms with van der Waals surface area (Å²) < 4.78 is 1.74. The molecule has 3 nitrogen and oxygen atoms in total. The number of hydrogen-bond acceptors (Lipinski definition) is 3. The lowest BCUT2D eigenvalue weighted by atomic mass is 10.2. The third kappa shape index (κ3) is 2.28. The molecular weight excluding hydrogens is 220 g/mol. The van der Waals surface area contributed by atoms with E-state index >= 15 is 0 Å². The molecule has 4 heteroatoms. The van der Waals surface area contributed by atoms with E-state index in [1.807, 2.05) is 43.8 Å². The Labute approximate surface area is 98.0 Å². The Morgan fingerprint density at radius 1 is 1.56 bits per heavy atom. The van der Waals surface area contributed by atoms with Gasteiger partial charge in [0.15, 0.2) is 5.78 Å². The second-order valence-corrected chi connectivity index (χ2v) is 4.47. The summed E-state index contributed by atoms with van der Waals surface area (Å²) in [6.45, 7) is 1.93. The van der Waals surface area contributed by atoms with Gasteiger partial charge in [0.05, 0.1) is 10.6 Å². The Hall–Kier alpha value is -1.68. The van der Waals surface area contributed by atoms with Crippen LogP contribution in [-0.2, 0) is 7.05 Å². The zero-order valence-corrected chi connectivity index (χ0v) is 9.99. The van der Waals surface area contributed by atoms with Crippen molar-refractivity contribution in [2.24, 2.45) is 7.05 Å². The summed E-state index contributed by atoms with van der Waals surface area (Å²) in [6.07, 6.45) is 5.30. The van der Waals surface area contributed by atoms with Crippen molar-refractivity contribution in [2.75, 3.05) is 0 Å². The van der Waals surface area contributed by atoms with Crippen LogP contribution in [0.4, 0.5) is 0 Å². The predicted molar refractivity (Wildman–Crippen MR) is 65.6 cm³/mol. The average molecular weight is 232 g/mol. The van der Waals surface area contributed by atoms with Crippen LogP contribution in [-0.4, -0.2) is 15.6 Å². The third-order valence-electron chi connectivity index (χ3n) is 2.23. The van der Waals surface area contributed by atoms with E-state index in [-0.39, 0.29) is 5.78 Å². The van der Waals surface area contributed by atoms with Crippen LogP contribution < -0.4 is 0 Å². The highest BCUT2D eigenvalue weighted by molar-refractivity contribution is 7.12. The minimum Gasteiger partial charge on any atom is -0.288 e. The van der Waals surface area contributed by atoms with Crippen LogP contribution in [0.5, 0.6) is 0 Å². The number of allylic oxidation sites excluding steroid dienone is 1. The maximum absolute atomic E-state index is 11.7. The first-order chi connectivity index (χ1) is 7.66. The van der Waals surface area contributed by atoms with Gasteiger partial charge in [-0.1, -0.05) is 6.07 Å². The smallest absolute Gasteiger partial charge is 0.195 e. The van der Waals surface area contributed by atoms with Crippen LogP contribution in [0.1, 0.15) is 20.9 Å². The average Bonchev–Trinajstić information content (AvgIpc) is 2.84. The molecule has 0 bridgehead atoms. The van der Waals surface area contributed by atoms with Crippen molar-refractivity contribution in [1.82, 2.24) is 9.78 Å². The van der Waals surface area contributed by atoms with Crippen molar-refractivity contribution < 1.29 is 4.79 Å². The van der Waals surface area contributed by atoms with Crippen molar-refractivity contribution in [2.45, 2.75) is 6.92 Å². The molecule has 0 aliphatic carbocycles. The lowest BCUT2D eigenvalue weighted by molar-refractivity contribution is 0.105. The highest BCUT2D eigenvalue weighted by Gasteiger charge is 2.03. The quantitative estimate of drug-likeness (QED) is 0.602. The number of carbonyl (C=O) groups is 1. The van der Waals surface area contributed by atoms with E-state index in [0.29, 0.717) is 0 Å². The summed E-state index contributed by atoms with van der Waals surface area (Å²) in [5.41, 5.74) is 1.91. The maximum atomic E-state index is 11.7. The Bertz CT molecular complexity index is 523. The maximum Gasteiger partial charge on any atom is 0.195 e. The zero-order valence-electron chi connectivity index (χ0n) is 9.18. The van der Waals surface area contributed by atoms with Gasteiger partial charge in [-0.3, -0.25) is 9.48 Å². The van der Waals surface area contributed by atoms with E-state index in [2.05, 4.69) is 5.10 Å². The molecule has 0 amide bonds. The van der Waals surface area contributed by atoms with Gasteiger partial charge in [-0.2, -0.15) is 5.10 Å². The van der Waals surface area contributed by atoms with Gasteiger partial charge in [0.25, 0.3) is 0 Å². The third-order valence-corrected chi connectivity index (χ3v) is 3.11. The molecule has 0 unspecified atom stereocenters. The fraction of sp³-hybridized carbons (Fsp3) is 0.167. The second kappa shape index (κ2) is 4.45. The Kier molecular flexibility index (Phi) is 3.01. The van der Waals surface area contributed by atoms with Gasteiger partial charge in [-0.25, -0.2) is 0 Å². The molecule has 2 rings (SSSR count). The molecule has 0 aromatic carbocycles. The fourth-order valence-electron chi connectivity index (χ4n) is 1.45. The van der Waals surface area contributed by atoms with E-state index in [9.17, 15) is 4.79 Å². The van der Waals surface area contributed by atoms with Crippen molar-refractivity contribution in [1.29, 1.82) is 0 Å². The molecule has 0 saturated heterocycles. The predicted octanol–water partition coefficient (Wildman–Crippen LogP) is 2.69. The van der Waals surface area contributed by atoms with Crippen molar-refractivity contribution in [3.63, 3.8) is 0 Å². The minimum atomic E-state index is 0.0400.